The van der Waals surface area contributed by atoms with E-state index in [2.05, 4.69) is 15.1 Å². The largest absolute Gasteiger partial charge is 0.493 e. The second-order valence-corrected chi connectivity index (χ2v) is 2.69. The Morgan fingerprint density at radius 2 is 2.40 bits per heavy atom. The van der Waals surface area contributed by atoms with Crippen LogP contribution in [0.4, 0.5) is 0 Å². The fourth-order valence-electron chi connectivity index (χ4n) is 1.12. The van der Waals surface area contributed by atoms with E-state index in [1.807, 2.05) is 0 Å². The standard InChI is InChI=1S/C8H8N4O3/c1-2-15-7(14)5-3-9-8-10-4-11-12(8)6(5)13/h3-4,13H,2H2,1H3. The molecular formula is C8H8N4O3. The van der Waals surface area contributed by atoms with Crippen molar-refractivity contribution in [2.75, 3.05) is 6.61 Å². The van der Waals surface area contributed by atoms with E-state index in [0.717, 1.165) is 4.52 Å². The Morgan fingerprint density at radius 3 is 3.13 bits per heavy atom. The number of rotatable bonds is 2. The molecule has 2 aromatic heterocycles. The highest BCUT2D eigenvalue weighted by Gasteiger charge is 2.16. The first kappa shape index (κ1) is 9.38. The molecule has 0 bridgehead atoms. The topological polar surface area (TPSA) is 89.6 Å². The van der Waals surface area contributed by atoms with Crippen LogP contribution in [0.5, 0.6) is 5.88 Å². The SMILES string of the molecule is CCOC(=O)c1cnc2ncnn2c1O. The lowest BCUT2D eigenvalue weighted by Crippen LogP contribution is -2.08. The Hall–Kier alpha value is -2.18. The zero-order valence-corrected chi connectivity index (χ0v) is 7.91. The van der Waals surface area contributed by atoms with Crippen LogP contribution in [0.2, 0.25) is 0 Å². The first-order valence-electron chi connectivity index (χ1n) is 4.29. The fraction of sp³-hybridized carbons (Fsp3) is 0.250. The van der Waals surface area contributed by atoms with Crippen molar-refractivity contribution in [1.29, 1.82) is 0 Å². The van der Waals surface area contributed by atoms with Gasteiger partial charge in [0, 0.05) is 0 Å². The second-order valence-electron chi connectivity index (χ2n) is 2.69. The zero-order valence-electron chi connectivity index (χ0n) is 7.91. The van der Waals surface area contributed by atoms with Gasteiger partial charge in [0.1, 0.15) is 11.9 Å². The van der Waals surface area contributed by atoms with Crippen LogP contribution in [-0.2, 0) is 4.74 Å². The second kappa shape index (κ2) is 3.52. The van der Waals surface area contributed by atoms with Gasteiger partial charge < -0.3 is 9.84 Å². The van der Waals surface area contributed by atoms with Crippen molar-refractivity contribution < 1.29 is 14.6 Å². The van der Waals surface area contributed by atoms with Gasteiger partial charge in [0.2, 0.25) is 5.88 Å². The van der Waals surface area contributed by atoms with Crippen LogP contribution in [-0.4, -0.2) is 37.3 Å². The minimum Gasteiger partial charge on any atom is -0.493 e. The lowest BCUT2D eigenvalue weighted by atomic mass is 10.3. The van der Waals surface area contributed by atoms with Gasteiger partial charge in [-0.15, -0.1) is 0 Å². The number of esters is 1. The number of nitrogens with zero attached hydrogens (tertiary/aromatic N) is 4. The summed E-state index contributed by atoms with van der Waals surface area (Å²) in [4.78, 5) is 18.9. The van der Waals surface area contributed by atoms with Crippen LogP contribution >= 0.6 is 0 Å². The van der Waals surface area contributed by atoms with Crippen molar-refractivity contribution in [2.45, 2.75) is 6.92 Å². The summed E-state index contributed by atoms with van der Waals surface area (Å²) in [6.45, 7) is 1.91. The molecule has 0 fully saturated rings. The third-order valence-electron chi connectivity index (χ3n) is 1.78. The fourth-order valence-corrected chi connectivity index (χ4v) is 1.12. The molecule has 0 aromatic carbocycles. The van der Waals surface area contributed by atoms with Gasteiger partial charge in [-0.3, -0.25) is 0 Å². The molecule has 0 spiro atoms. The van der Waals surface area contributed by atoms with Crippen molar-refractivity contribution in [3.8, 4) is 5.88 Å². The van der Waals surface area contributed by atoms with Gasteiger partial charge in [-0.25, -0.2) is 9.78 Å². The van der Waals surface area contributed by atoms with Crippen LogP contribution < -0.4 is 0 Å². The Labute approximate surface area is 84.3 Å². The van der Waals surface area contributed by atoms with E-state index in [9.17, 15) is 9.90 Å². The number of fused-ring (bicyclic) bond motifs is 1. The third-order valence-corrected chi connectivity index (χ3v) is 1.78. The number of carbonyl (C=O) groups is 1. The molecule has 0 aliphatic heterocycles. The number of ether oxygens (including phenoxy) is 1. The molecule has 0 aliphatic carbocycles. The number of aromatic hydroxyl groups is 1. The van der Waals surface area contributed by atoms with Crippen molar-refractivity contribution in [2.24, 2.45) is 0 Å². The van der Waals surface area contributed by atoms with Crippen LogP contribution in [0.1, 0.15) is 17.3 Å². The average Bonchev–Trinajstić information content (AvgIpc) is 2.67. The number of aromatic nitrogens is 4. The Balaban J connectivity index is 2.52. The molecule has 0 atom stereocenters. The Morgan fingerprint density at radius 1 is 1.60 bits per heavy atom. The minimum atomic E-state index is -0.639. The molecule has 2 aromatic rings. The first-order chi connectivity index (χ1) is 7.24. The molecule has 0 amide bonds. The van der Waals surface area contributed by atoms with Gasteiger partial charge in [0.25, 0.3) is 5.78 Å². The van der Waals surface area contributed by atoms with E-state index in [-0.39, 0.29) is 23.8 Å². The predicted molar refractivity (Wildman–Crippen MR) is 48.4 cm³/mol. The van der Waals surface area contributed by atoms with Crippen molar-refractivity contribution in [3.63, 3.8) is 0 Å². The maximum absolute atomic E-state index is 11.3. The summed E-state index contributed by atoms with van der Waals surface area (Å²) < 4.78 is 5.80. The highest BCUT2D eigenvalue weighted by Crippen LogP contribution is 2.16. The molecule has 0 saturated heterocycles. The maximum Gasteiger partial charge on any atom is 0.345 e. The Bertz CT molecular complexity index is 508. The molecule has 0 radical (unpaired) electrons. The van der Waals surface area contributed by atoms with E-state index in [1.54, 1.807) is 6.92 Å². The summed E-state index contributed by atoms with van der Waals surface area (Å²) in [7, 11) is 0. The van der Waals surface area contributed by atoms with Crippen LogP contribution in [0.15, 0.2) is 12.5 Å². The van der Waals surface area contributed by atoms with Crippen LogP contribution in [0.25, 0.3) is 5.78 Å². The lowest BCUT2D eigenvalue weighted by molar-refractivity contribution is 0.0521. The average molecular weight is 208 g/mol. The normalized spacial score (nSPS) is 10.5. The molecule has 0 aliphatic rings. The van der Waals surface area contributed by atoms with Crippen molar-refractivity contribution in [3.05, 3.63) is 18.1 Å². The van der Waals surface area contributed by atoms with E-state index < -0.39 is 5.97 Å². The first-order valence-corrected chi connectivity index (χ1v) is 4.29. The number of hydrogen-bond donors (Lipinski definition) is 1. The molecule has 0 saturated carbocycles. The van der Waals surface area contributed by atoms with Crippen LogP contribution in [0, 0.1) is 0 Å². The van der Waals surface area contributed by atoms with Gasteiger partial charge in [0.05, 0.1) is 12.8 Å². The zero-order chi connectivity index (χ0) is 10.8. The van der Waals surface area contributed by atoms with Gasteiger partial charge in [-0.05, 0) is 6.92 Å². The Kier molecular flexibility index (Phi) is 2.20. The van der Waals surface area contributed by atoms with E-state index in [4.69, 9.17) is 4.74 Å². The summed E-state index contributed by atoms with van der Waals surface area (Å²) >= 11 is 0. The smallest absolute Gasteiger partial charge is 0.345 e. The summed E-state index contributed by atoms with van der Waals surface area (Å²) in [5.41, 5.74) is -0.0325. The molecule has 2 rings (SSSR count). The molecule has 7 heteroatoms. The molecular weight excluding hydrogens is 200 g/mol. The number of hydrogen-bond acceptors (Lipinski definition) is 6. The van der Waals surface area contributed by atoms with Gasteiger partial charge in [0.15, 0.2) is 0 Å². The lowest BCUT2D eigenvalue weighted by Gasteiger charge is -2.03. The summed E-state index contributed by atoms with van der Waals surface area (Å²) in [6, 6.07) is 0. The highest BCUT2D eigenvalue weighted by atomic mass is 16.5. The van der Waals surface area contributed by atoms with E-state index >= 15 is 0 Å². The summed E-state index contributed by atoms with van der Waals surface area (Å²) in [5, 5.41) is 13.4. The van der Waals surface area contributed by atoms with Gasteiger partial charge in [-0.1, -0.05) is 0 Å². The van der Waals surface area contributed by atoms with Crippen LogP contribution in [0.3, 0.4) is 0 Å². The molecule has 7 nitrogen and oxygen atoms in total. The van der Waals surface area contributed by atoms with Gasteiger partial charge in [-0.2, -0.15) is 14.6 Å². The molecule has 2 heterocycles. The molecule has 15 heavy (non-hydrogen) atoms. The van der Waals surface area contributed by atoms with Crippen molar-refractivity contribution >= 4 is 11.7 Å². The molecule has 1 N–H and O–H groups in total. The van der Waals surface area contributed by atoms with E-state index in [0.29, 0.717) is 0 Å². The quantitative estimate of drug-likeness (QED) is 0.699. The maximum atomic E-state index is 11.3. The summed E-state index contributed by atoms with van der Waals surface area (Å²) in [6.07, 6.45) is 2.44. The van der Waals surface area contributed by atoms with Gasteiger partial charge >= 0.3 is 5.97 Å². The summed E-state index contributed by atoms with van der Waals surface area (Å²) in [5.74, 6) is -0.739. The monoisotopic (exact) mass is 208 g/mol. The molecule has 78 valence electrons. The highest BCUT2D eigenvalue weighted by molar-refractivity contribution is 5.91. The number of carbonyl (C=O) groups excluding carboxylic acids is 1. The van der Waals surface area contributed by atoms with E-state index in [1.165, 1.54) is 12.5 Å². The minimum absolute atomic E-state index is 0.0325. The molecule has 0 unspecified atom stereocenters. The van der Waals surface area contributed by atoms with Crippen molar-refractivity contribution in [1.82, 2.24) is 19.6 Å². The predicted octanol–water partition coefficient (Wildman–Crippen LogP) is 0.00660. The third kappa shape index (κ3) is 1.47.